The molecule has 18 heavy (non-hydrogen) atoms. The zero-order valence-corrected chi connectivity index (χ0v) is 10.6. The third kappa shape index (κ3) is 2.66. The monoisotopic (exact) mass is 259 g/mol. The molecule has 2 rings (SSSR count). The van der Waals surface area contributed by atoms with E-state index < -0.39 is 11.9 Å². The van der Waals surface area contributed by atoms with E-state index in [2.05, 4.69) is 4.98 Å². The Morgan fingerprint density at radius 2 is 2.00 bits per heavy atom. The minimum atomic E-state index is -4.39. The van der Waals surface area contributed by atoms with Crippen molar-refractivity contribution in [2.24, 2.45) is 0 Å². The van der Waals surface area contributed by atoms with Crippen LogP contribution in [-0.4, -0.2) is 18.2 Å². The first-order valence-corrected chi connectivity index (χ1v) is 5.94. The molecule has 0 aliphatic heterocycles. The molecule has 1 aliphatic rings. The molecule has 1 aliphatic carbocycles. The van der Waals surface area contributed by atoms with Crippen molar-refractivity contribution in [1.29, 1.82) is 0 Å². The summed E-state index contributed by atoms with van der Waals surface area (Å²) >= 11 is 0. The Kier molecular flexibility index (Phi) is 3.36. The van der Waals surface area contributed by atoms with Crippen LogP contribution in [-0.2, 0) is 10.9 Å². The largest absolute Gasteiger partial charge is 0.433 e. The van der Waals surface area contributed by atoms with E-state index in [1.165, 1.54) is 0 Å². The number of rotatable bonds is 3. The van der Waals surface area contributed by atoms with Gasteiger partial charge >= 0.3 is 6.18 Å². The predicted octanol–water partition coefficient (Wildman–Crippen LogP) is 3.73. The topological polar surface area (TPSA) is 22.1 Å². The van der Waals surface area contributed by atoms with Crippen LogP contribution in [0.4, 0.5) is 13.2 Å². The smallest absolute Gasteiger partial charge is 0.381 e. The van der Waals surface area contributed by atoms with E-state index in [0.717, 1.165) is 12.5 Å². The highest BCUT2D eigenvalue weighted by Crippen LogP contribution is 2.43. The zero-order valence-electron chi connectivity index (χ0n) is 10.6. The molecule has 0 amide bonds. The zero-order chi connectivity index (χ0) is 13.5. The van der Waals surface area contributed by atoms with E-state index in [9.17, 15) is 13.2 Å². The fourth-order valence-corrected chi connectivity index (χ4v) is 1.99. The molecular formula is C13H16F3NO. The summed E-state index contributed by atoms with van der Waals surface area (Å²) in [6.07, 6.45) is -3.62. The van der Waals surface area contributed by atoms with Crippen molar-refractivity contribution in [1.82, 2.24) is 4.98 Å². The van der Waals surface area contributed by atoms with Gasteiger partial charge in [0.1, 0.15) is 5.69 Å². The van der Waals surface area contributed by atoms with Gasteiger partial charge in [0.05, 0.1) is 6.10 Å². The lowest BCUT2D eigenvalue weighted by Crippen LogP contribution is -2.11. The van der Waals surface area contributed by atoms with Crippen LogP contribution in [0.5, 0.6) is 0 Å². The van der Waals surface area contributed by atoms with Crippen molar-refractivity contribution >= 4 is 0 Å². The maximum absolute atomic E-state index is 12.8. The quantitative estimate of drug-likeness (QED) is 0.825. The third-order valence-corrected chi connectivity index (χ3v) is 3.24. The summed E-state index contributed by atoms with van der Waals surface area (Å²) in [5, 5.41) is 0. The van der Waals surface area contributed by atoms with Crippen molar-refractivity contribution in [2.45, 2.75) is 44.4 Å². The molecular weight excluding hydrogens is 243 g/mol. The third-order valence-electron chi connectivity index (χ3n) is 3.24. The van der Waals surface area contributed by atoms with E-state index >= 15 is 0 Å². The summed E-state index contributed by atoms with van der Waals surface area (Å²) in [6, 6.07) is 2.90. The second-order valence-electron chi connectivity index (χ2n) is 4.98. The minimum absolute atomic E-state index is 0.00907. The molecule has 0 aromatic carbocycles. The molecule has 0 spiro atoms. The predicted molar refractivity (Wildman–Crippen MR) is 61.5 cm³/mol. The van der Waals surface area contributed by atoms with E-state index in [4.69, 9.17) is 4.74 Å². The second-order valence-corrected chi connectivity index (χ2v) is 4.98. The summed E-state index contributed by atoms with van der Waals surface area (Å²) in [6.45, 7) is 3.75. The molecule has 1 saturated carbocycles. The Morgan fingerprint density at radius 1 is 1.33 bits per heavy atom. The number of nitrogens with zero attached hydrogens (tertiary/aromatic N) is 1. The molecule has 1 aromatic rings. The molecule has 0 bridgehead atoms. The number of hydrogen-bond donors (Lipinski definition) is 0. The van der Waals surface area contributed by atoms with E-state index in [-0.39, 0.29) is 17.9 Å². The van der Waals surface area contributed by atoms with Crippen LogP contribution in [0.25, 0.3) is 0 Å². The van der Waals surface area contributed by atoms with Crippen LogP contribution in [0.15, 0.2) is 12.1 Å². The van der Waals surface area contributed by atoms with Gasteiger partial charge in [0.25, 0.3) is 0 Å². The highest BCUT2D eigenvalue weighted by atomic mass is 19.4. The number of ether oxygens (including phenoxy) is 1. The number of pyridine rings is 1. The lowest BCUT2D eigenvalue weighted by molar-refractivity contribution is -0.141. The first kappa shape index (κ1) is 13.3. The number of hydrogen-bond acceptors (Lipinski definition) is 2. The molecule has 0 N–H and O–H groups in total. The number of methoxy groups -OCH3 is 1. The van der Waals surface area contributed by atoms with Crippen molar-refractivity contribution in [3.63, 3.8) is 0 Å². The van der Waals surface area contributed by atoms with E-state index in [0.29, 0.717) is 11.3 Å². The highest BCUT2D eigenvalue weighted by molar-refractivity contribution is 5.30. The SMILES string of the molecule is COC1CC1c1cc(C(C)C)cc(C(F)(F)F)n1. The van der Waals surface area contributed by atoms with E-state index in [1.807, 2.05) is 13.8 Å². The molecule has 5 heteroatoms. The normalized spacial score (nSPS) is 23.5. The second kappa shape index (κ2) is 4.53. The highest BCUT2D eigenvalue weighted by Gasteiger charge is 2.42. The van der Waals surface area contributed by atoms with Gasteiger partial charge in [-0.05, 0) is 30.0 Å². The van der Waals surface area contributed by atoms with Crippen molar-refractivity contribution in [2.75, 3.05) is 7.11 Å². The molecule has 1 aromatic heterocycles. The first-order chi connectivity index (χ1) is 8.32. The summed E-state index contributed by atoms with van der Waals surface area (Å²) in [5.74, 6) is 0.0578. The van der Waals surface area contributed by atoms with Gasteiger partial charge in [-0.25, -0.2) is 4.98 Å². The first-order valence-electron chi connectivity index (χ1n) is 5.94. The van der Waals surface area contributed by atoms with Gasteiger partial charge in [0, 0.05) is 18.7 Å². The molecule has 2 unspecified atom stereocenters. The lowest BCUT2D eigenvalue weighted by Gasteiger charge is -2.13. The maximum atomic E-state index is 12.8. The summed E-state index contributed by atoms with van der Waals surface area (Å²) in [4.78, 5) is 3.74. The van der Waals surface area contributed by atoms with Gasteiger partial charge in [-0.3, -0.25) is 0 Å². The van der Waals surface area contributed by atoms with Gasteiger partial charge in [-0.1, -0.05) is 13.8 Å². The molecule has 2 atom stereocenters. The molecule has 2 nitrogen and oxygen atoms in total. The van der Waals surface area contributed by atoms with Crippen LogP contribution in [0, 0.1) is 0 Å². The van der Waals surface area contributed by atoms with Crippen molar-refractivity contribution < 1.29 is 17.9 Å². The Morgan fingerprint density at radius 3 is 2.44 bits per heavy atom. The summed E-state index contributed by atoms with van der Waals surface area (Å²) in [7, 11) is 1.57. The van der Waals surface area contributed by atoms with Crippen LogP contribution in [0.2, 0.25) is 0 Å². The van der Waals surface area contributed by atoms with Gasteiger partial charge in [0.15, 0.2) is 0 Å². The number of halogens is 3. The van der Waals surface area contributed by atoms with Gasteiger partial charge < -0.3 is 4.74 Å². The van der Waals surface area contributed by atoms with Crippen LogP contribution >= 0.6 is 0 Å². The Balaban J connectivity index is 2.38. The fourth-order valence-electron chi connectivity index (χ4n) is 1.99. The van der Waals surface area contributed by atoms with Crippen LogP contribution in [0.3, 0.4) is 0 Å². The van der Waals surface area contributed by atoms with Crippen molar-refractivity contribution in [3.8, 4) is 0 Å². The maximum Gasteiger partial charge on any atom is 0.433 e. The van der Waals surface area contributed by atoms with Gasteiger partial charge in [-0.15, -0.1) is 0 Å². The Labute approximate surface area is 104 Å². The Hall–Kier alpha value is -1.10. The Bertz CT molecular complexity index is 442. The summed E-state index contributed by atoms with van der Waals surface area (Å²) < 4.78 is 43.5. The van der Waals surface area contributed by atoms with Gasteiger partial charge in [0.2, 0.25) is 0 Å². The summed E-state index contributed by atoms with van der Waals surface area (Å²) in [5.41, 5.74) is 0.375. The standard InChI is InChI=1S/C13H16F3NO/c1-7(2)8-4-10(9-6-11(9)18-3)17-12(5-8)13(14,15)16/h4-5,7,9,11H,6H2,1-3H3. The molecule has 100 valence electrons. The molecule has 1 heterocycles. The number of alkyl halides is 3. The molecule has 1 fully saturated rings. The minimum Gasteiger partial charge on any atom is -0.381 e. The average Bonchev–Trinajstić information content (AvgIpc) is 3.06. The van der Waals surface area contributed by atoms with Crippen LogP contribution < -0.4 is 0 Å². The van der Waals surface area contributed by atoms with E-state index in [1.54, 1.807) is 13.2 Å². The van der Waals surface area contributed by atoms with Crippen molar-refractivity contribution in [3.05, 3.63) is 29.1 Å². The van der Waals surface area contributed by atoms with Crippen LogP contribution in [0.1, 0.15) is 49.1 Å². The lowest BCUT2D eigenvalue weighted by atomic mass is 10.0. The molecule has 0 saturated heterocycles. The number of aromatic nitrogens is 1. The van der Waals surface area contributed by atoms with Gasteiger partial charge in [-0.2, -0.15) is 13.2 Å². The fraction of sp³-hybridized carbons (Fsp3) is 0.615. The molecule has 0 radical (unpaired) electrons. The average molecular weight is 259 g/mol.